The Balaban J connectivity index is 0.00000233. The van der Waals surface area contributed by atoms with E-state index in [1.807, 2.05) is 0 Å². The van der Waals surface area contributed by atoms with Crippen molar-refractivity contribution in [2.75, 3.05) is 0 Å². The smallest absolute Gasteiger partial charge is 0.147 e. The van der Waals surface area contributed by atoms with E-state index in [0.29, 0.717) is 24.5 Å². The van der Waals surface area contributed by atoms with Crippen molar-refractivity contribution in [3.05, 3.63) is 129 Å². The summed E-state index contributed by atoms with van der Waals surface area (Å²) in [5.74, 6) is 4.05. The van der Waals surface area contributed by atoms with Crippen molar-refractivity contribution in [2.45, 2.75) is 114 Å². The molecule has 0 saturated heterocycles. The molecule has 0 radical (unpaired) electrons. The van der Waals surface area contributed by atoms with E-state index in [4.69, 9.17) is 0 Å². The minimum Gasteiger partial charge on any atom is -0.147 e. The molecule has 4 heteroatoms. The monoisotopic (exact) mass is 864 g/mol. The zero-order valence-electron chi connectivity index (χ0n) is 34.5. The Bertz CT molecular complexity index is 2180. The second-order valence-electron chi connectivity index (χ2n) is 20.0. The van der Waals surface area contributed by atoms with Gasteiger partial charge in [0.25, 0.3) is 0 Å². The molecule has 4 bridgehead atoms. The quantitative estimate of drug-likeness (QED) is 0.147. The van der Waals surface area contributed by atoms with Crippen LogP contribution in [0.2, 0.25) is 9.26 Å². The first-order valence-electron chi connectivity index (χ1n) is 21.3. The van der Waals surface area contributed by atoms with Crippen LogP contribution in [0.25, 0.3) is 34.4 Å². The predicted octanol–water partition coefficient (Wildman–Crippen LogP) is 14.8. The van der Waals surface area contributed by atoms with Crippen molar-refractivity contribution in [1.82, 2.24) is 0 Å². The van der Waals surface area contributed by atoms with E-state index in [2.05, 4.69) is 148 Å². The molecule has 0 aromatic heterocycles. The van der Waals surface area contributed by atoms with E-state index >= 15 is 0 Å². The molecule has 0 aliphatic heterocycles. The van der Waals surface area contributed by atoms with E-state index < -0.39 is 17.4 Å². The van der Waals surface area contributed by atoms with E-state index in [1.165, 1.54) is 83.9 Å². The third-order valence-corrected chi connectivity index (χ3v) is 32.9. The van der Waals surface area contributed by atoms with Crippen molar-refractivity contribution in [3.8, 4) is 22.3 Å². The van der Waals surface area contributed by atoms with Crippen LogP contribution >= 0.6 is 24.8 Å². The number of allylic oxidation sites excluding steroid dienone is 2. The van der Waals surface area contributed by atoms with Crippen LogP contribution in [-0.2, 0) is 22.8 Å². The molecule has 0 nitrogen and oxygen atoms in total. The van der Waals surface area contributed by atoms with Crippen LogP contribution in [0.15, 0.2) is 96.1 Å². The van der Waals surface area contributed by atoms with Gasteiger partial charge in [-0.2, -0.15) is 0 Å². The third-order valence-electron chi connectivity index (χ3n) is 15.5. The fourth-order valence-corrected chi connectivity index (χ4v) is 33.1. The number of halogens is 2. The molecular weight excluding hydrogens is 803 g/mol. The molecule has 4 aromatic rings. The second kappa shape index (κ2) is 15.0. The number of benzene rings is 4. The molecule has 4 aromatic carbocycles. The van der Waals surface area contributed by atoms with Gasteiger partial charge in [0.1, 0.15) is 0 Å². The van der Waals surface area contributed by atoms with Crippen LogP contribution in [0.3, 0.4) is 0 Å². The molecule has 6 aliphatic carbocycles. The molecule has 0 amide bonds. The zero-order valence-corrected chi connectivity index (χ0v) is 40.0. The van der Waals surface area contributed by atoms with Crippen molar-refractivity contribution in [3.63, 3.8) is 0 Å². The van der Waals surface area contributed by atoms with E-state index in [1.54, 1.807) is 27.8 Å². The summed E-state index contributed by atoms with van der Waals surface area (Å²) in [6.07, 6.45) is 16.5. The van der Waals surface area contributed by atoms with E-state index in [-0.39, 0.29) is 24.8 Å². The molecule has 6 aliphatic rings. The second-order valence-corrected chi connectivity index (χ2v) is 50.5. The van der Waals surface area contributed by atoms with Crippen LogP contribution in [0, 0.1) is 23.7 Å². The average molecular weight is 867 g/mol. The topological polar surface area (TPSA) is 0 Å². The maximum absolute atomic E-state index is 3.74. The fourth-order valence-electron chi connectivity index (χ4n) is 13.2. The zero-order chi connectivity index (χ0) is 36.9. The fraction of sp³-hybridized carbons (Fsp3) is 0.451. The Kier molecular flexibility index (Phi) is 11.2. The first kappa shape index (κ1) is 41.2. The minimum atomic E-state index is -3.74. The van der Waals surface area contributed by atoms with Crippen LogP contribution in [0.4, 0.5) is 0 Å². The summed E-state index contributed by atoms with van der Waals surface area (Å²) in [5.41, 5.74) is 18.7. The van der Waals surface area contributed by atoms with Crippen LogP contribution in [0.1, 0.15) is 133 Å². The Morgan fingerprint density at radius 2 is 1.15 bits per heavy atom. The average Bonchev–Trinajstić information content (AvgIpc) is 3.75. The maximum atomic E-state index is 2.83. The summed E-state index contributed by atoms with van der Waals surface area (Å²) in [4.78, 5) is 0. The van der Waals surface area contributed by atoms with Crippen LogP contribution < -0.4 is 0 Å². The summed E-state index contributed by atoms with van der Waals surface area (Å²) < 4.78 is 6.73. The van der Waals surface area contributed by atoms with Gasteiger partial charge < -0.3 is 0 Å². The first-order valence-corrected chi connectivity index (χ1v) is 35.0. The Hall–Kier alpha value is -1.96. The normalized spacial score (nSPS) is 26.8. The predicted molar refractivity (Wildman–Crippen MR) is 244 cm³/mol. The van der Waals surface area contributed by atoms with Gasteiger partial charge in [-0.1, -0.05) is 0 Å². The Morgan fingerprint density at radius 3 is 1.64 bits per heavy atom. The third kappa shape index (κ3) is 6.74. The van der Waals surface area contributed by atoms with Gasteiger partial charge in [0.05, 0.1) is 0 Å². The molecule has 3 unspecified atom stereocenters. The molecule has 290 valence electrons. The van der Waals surface area contributed by atoms with Crippen molar-refractivity contribution in [2.24, 2.45) is 23.7 Å². The van der Waals surface area contributed by atoms with Gasteiger partial charge in [-0.3, -0.25) is 0 Å². The summed E-state index contributed by atoms with van der Waals surface area (Å²) in [5, 5.41) is 0. The van der Waals surface area contributed by atoms with Crippen LogP contribution in [-0.4, -0.2) is 6.88 Å². The van der Waals surface area contributed by atoms with E-state index in [0.717, 1.165) is 24.2 Å². The number of hydrogen-bond acceptors (Lipinski definition) is 0. The minimum absolute atomic E-state index is 0. The molecule has 0 heterocycles. The SMILES string of the molecule is CCC1=Cc2c(-c3ccc(C45CC6CC(CC(C6)C4)C5)cc3)cccc2[CH]1[Zr]([CH3])([CH3])(=[SiH2])[CH]1C(C(C)CC)=Cc2c(-c3ccc(C(C)C)cc3)cccc21.Cl.Cl. The van der Waals surface area contributed by atoms with Gasteiger partial charge in [0.15, 0.2) is 0 Å². The molecule has 10 rings (SSSR count). The molecule has 0 N–H and O–H groups in total. The maximum Gasteiger partial charge on any atom is -0.147 e. The van der Waals surface area contributed by atoms with Crippen molar-refractivity contribution >= 4 is 43.8 Å². The Labute approximate surface area is 347 Å². The van der Waals surface area contributed by atoms with E-state index in [9.17, 15) is 0 Å². The van der Waals surface area contributed by atoms with Crippen molar-refractivity contribution in [1.29, 1.82) is 0 Å². The van der Waals surface area contributed by atoms with Gasteiger partial charge in [0, 0.05) is 0 Å². The summed E-state index contributed by atoms with van der Waals surface area (Å²) in [6.45, 7) is 14.4. The summed E-state index contributed by atoms with van der Waals surface area (Å²) in [6, 6.07) is 34.1. The van der Waals surface area contributed by atoms with Gasteiger partial charge in [-0.05, 0) is 0 Å². The summed E-state index contributed by atoms with van der Waals surface area (Å²) in [7, 11) is 0. The molecular formula is C51H64Cl2SiZr. The van der Waals surface area contributed by atoms with Crippen molar-refractivity contribution < 1.29 is 17.4 Å². The van der Waals surface area contributed by atoms with Gasteiger partial charge >= 0.3 is 326 Å². The summed E-state index contributed by atoms with van der Waals surface area (Å²) >= 11 is -3.74. The Morgan fingerprint density at radius 1 is 0.655 bits per heavy atom. The van der Waals surface area contributed by atoms with Gasteiger partial charge in [-0.25, -0.2) is 0 Å². The van der Waals surface area contributed by atoms with Crippen LogP contribution in [0.5, 0.6) is 0 Å². The number of hydrogen-bond donors (Lipinski definition) is 0. The molecule has 0 spiro atoms. The van der Waals surface area contributed by atoms with Gasteiger partial charge in [0.2, 0.25) is 0 Å². The molecule has 3 atom stereocenters. The van der Waals surface area contributed by atoms with Gasteiger partial charge in [-0.15, -0.1) is 24.8 Å². The largest absolute Gasteiger partial charge is 0.147 e. The number of rotatable bonds is 9. The molecule has 4 saturated carbocycles. The standard InChI is InChI=1S/C27H29.C22H25.2CH3.2ClH.H2Si.Zr/c1-2-18-13-23-4-3-5-25(26(23)14-18)22-6-8-24(9-7-22)27-15-19-10-20(16-27)12-21(11-19)17-27;1-5-16(4)20-13-19-7-6-8-21(22(19)14-20)18-11-9-17(10-12-18)15(2)3;;;;;;/h3-9,13-14,19-21H,2,10-12,15-17H2,1H3;6-16H,5H2,1-4H3;2*1H3;2*1H;1H2;. The molecule has 4 fully saturated rings. The first-order chi connectivity index (χ1) is 25.4. The number of fused-ring (bicyclic) bond motifs is 2. The molecule has 55 heavy (non-hydrogen) atoms.